The topological polar surface area (TPSA) is 21.3 Å². The normalized spacial score (nSPS) is 30.0. The fourth-order valence-corrected chi connectivity index (χ4v) is 2.46. The molecule has 70 valence electrons. The minimum atomic E-state index is 0.509. The van der Waals surface area contributed by atoms with Gasteiger partial charge in [-0.3, -0.25) is 0 Å². The second-order valence-corrected chi connectivity index (χ2v) is 4.29. The third-order valence-electron chi connectivity index (χ3n) is 3.25. The zero-order valence-electron chi connectivity index (χ0n) is 7.77. The zero-order valence-corrected chi connectivity index (χ0v) is 7.77. The highest BCUT2D eigenvalue weighted by atomic mass is 16.5. The van der Waals surface area contributed by atoms with Crippen molar-refractivity contribution in [3.8, 4) is 0 Å². The van der Waals surface area contributed by atoms with Gasteiger partial charge in [0.25, 0.3) is 0 Å². The van der Waals surface area contributed by atoms with E-state index in [0.29, 0.717) is 5.41 Å². The van der Waals surface area contributed by atoms with E-state index in [-0.39, 0.29) is 0 Å². The first-order valence-electron chi connectivity index (χ1n) is 5.20. The molecule has 1 saturated heterocycles. The first kappa shape index (κ1) is 8.52. The van der Waals surface area contributed by atoms with Crippen molar-refractivity contribution in [2.75, 3.05) is 26.3 Å². The second-order valence-electron chi connectivity index (χ2n) is 4.29. The van der Waals surface area contributed by atoms with Gasteiger partial charge in [-0.25, -0.2) is 0 Å². The van der Waals surface area contributed by atoms with Gasteiger partial charge in [-0.05, 0) is 12.8 Å². The first-order valence-corrected chi connectivity index (χ1v) is 5.20. The highest BCUT2D eigenvalue weighted by Crippen LogP contribution is 2.36. The number of hydrogen-bond donors (Lipinski definition) is 1. The molecule has 2 nitrogen and oxygen atoms in total. The van der Waals surface area contributed by atoms with Crippen LogP contribution in [0.15, 0.2) is 0 Å². The third kappa shape index (κ3) is 1.80. The molecule has 1 aliphatic heterocycles. The maximum Gasteiger partial charge on any atom is 0.0591 e. The fourth-order valence-electron chi connectivity index (χ4n) is 2.46. The van der Waals surface area contributed by atoms with Crippen molar-refractivity contribution >= 4 is 0 Å². The molecule has 2 aliphatic rings. The van der Waals surface area contributed by atoms with Gasteiger partial charge >= 0.3 is 0 Å². The van der Waals surface area contributed by atoms with Gasteiger partial charge in [0.2, 0.25) is 0 Å². The van der Waals surface area contributed by atoms with Gasteiger partial charge in [-0.1, -0.05) is 19.3 Å². The summed E-state index contributed by atoms with van der Waals surface area (Å²) in [5, 5.41) is 3.48. The van der Waals surface area contributed by atoms with Crippen LogP contribution in [-0.4, -0.2) is 26.3 Å². The summed E-state index contributed by atoms with van der Waals surface area (Å²) >= 11 is 0. The lowest BCUT2D eigenvalue weighted by Gasteiger charge is -2.35. The van der Waals surface area contributed by atoms with Crippen molar-refractivity contribution < 1.29 is 4.74 Å². The molecule has 12 heavy (non-hydrogen) atoms. The molecule has 2 heteroatoms. The Balaban J connectivity index is 1.95. The Morgan fingerprint density at radius 2 is 1.92 bits per heavy atom. The Kier molecular flexibility index (Phi) is 2.66. The van der Waals surface area contributed by atoms with Crippen molar-refractivity contribution in [1.82, 2.24) is 5.32 Å². The molecular weight excluding hydrogens is 150 g/mol. The van der Waals surface area contributed by atoms with Crippen LogP contribution in [0.3, 0.4) is 0 Å². The number of nitrogens with one attached hydrogen (secondary N) is 1. The predicted octanol–water partition coefficient (Wildman–Crippen LogP) is 1.56. The molecule has 0 amide bonds. The van der Waals surface area contributed by atoms with Crippen LogP contribution in [-0.2, 0) is 4.74 Å². The van der Waals surface area contributed by atoms with Crippen LogP contribution in [0.5, 0.6) is 0 Å². The molecular formula is C10H19NO. The first-order chi connectivity index (χ1) is 5.91. The molecule has 1 saturated carbocycles. The summed E-state index contributed by atoms with van der Waals surface area (Å²) in [6.45, 7) is 4.14. The van der Waals surface area contributed by atoms with Crippen LogP contribution in [0, 0.1) is 5.41 Å². The van der Waals surface area contributed by atoms with Crippen LogP contribution in [0.1, 0.15) is 32.1 Å². The van der Waals surface area contributed by atoms with E-state index in [1.54, 1.807) is 0 Å². The molecule has 0 aromatic rings. The highest BCUT2D eigenvalue weighted by Gasteiger charge is 2.32. The molecule has 1 heterocycles. The van der Waals surface area contributed by atoms with Crippen molar-refractivity contribution in [3.05, 3.63) is 0 Å². The molecule has 1 spiro atoms. The Bertz CT molecular complexity index is 131. The minimum absolute atomic E-state index is 0.509. The second kappa shape index (κ2) is 3.75. The van der Waals surface area contributed by atoms with E-state index in [9.17, 15) is 0 Å². The van der Waals surface area contributed by atoms with E-state index in [4.69, 9.17) is 4.74 Å². The predicted molar refractivity (Wildman–Crippen MR) is 49.2 cm³/mol. The van der Waals surface area contributed by atoms with E-state index in [2.05, 4.69) is 5.32 Å². The molecule has 0 aromatic carbocycles. The third-order valence-corrected chi connectivity index (χ3v) is 3.25. The Hall–Kier alpha value is -0.0800. The van der Waals surface area contributed by atoms with Gasteiger partial charge < -0.3 is 10.1 Å². The van der Waals surface area contributed by atoms with E-state index in [0.717, 1.165) is 19.8 Å². The smallest absolute Gasteiger partial charge is 0.0591 e. The fraction of sp³-hybridized carbons (Fsp3) is 1.00. The summed E-state index contributed by atoms with van der Waals surface area (Å²) in [6.07, 6.45) is 7.00. The van der Waals surface area contributed by atoms with Gasteiger partial charge in [0.15, 0.2) is 0 Å². The number of hydrogen-bond acceptors (Lipinski definition) is 2. The lowest BCUT2D eigenvalue weighted by Crippen LogP contribution is -2.37. The van der Waals surface area contributed by atoms with Crippen LogP contribution >= 0.6 is 0 Å². The van der Waals surface area contributed by atoms with Crippen molar-refractivity contribution in [3.63, 3.8) is 0 Å². The van der Waals surface area contributed by atoms with E-state index in [1.165, 1.54) is 38.6 Å². The molecule has 2 rings (SSSR count). The Morgan fingerprint density at radius 3 is 2.75 bits per heavy atom. The minimum Gasteiger partial charge on any atom is -0.380 e. The van der Waals surface area contributed by atoms with Crippen LogP contribution in [0.4, 0.5) is 0 Å². The largest absolute Gasteiger partial charge is 0.380 e. The molecule has 0 aromatic heterocycles. The summed E-state index contributed by atoms with van der Waals surface area (Å²) in [4.78, 5) is 0. The van der Waals surface area contributed by atoms with Crippen LogP contribution in [0.2, 0.25) is 0 Å². The van der Waals surface area contributed by atoms with E-state index >= 15 is 0 Å². The summed E-state index contributed by atoms with van der Waals surface area (Å²) in [7, 11) is 0. The summed E-state index contributed by atoms with van der Waals surface area (Å²) in [6, 6.07) is 0. The van der Waals surface area contributed by atoms with Crippen LogP contribution in [0.25, 0.3) is 0 Å². The molecule has 0 radical (unpaired) electrons. The SMILES string of the molecule is C1CCC2(CC1)CNCCOC2. The molecule has 0 atom stereocenters. The standard InChI is InChI=1S/C10H19NO/c1-2-4-10(5-3-1)8-11-6-7-12-9-10/h11H,1-9H2. The maximum absolute atomic E-state index is 5.63. The number of ether oxygens (including phenoxy) is 1. The zero-order chi connectivity index (χ0) is 8.28. The molecule has 0 unspecified atom stereocenters. The van der Waals surface area contributed by atoms with Crippen LogP contribution < -0.4 is 5.32 Å². The summed E-state index contributed by atoms with van der Waals surface area (Å²) in [5.41, 5.74) is 0.509. The molecule has 0 bridgehead atoms. The number of rotatable bonds is 0. The van der Waals surface area contributed by atoms with Gasteiger partial charge in [0.05, 0.1) is 13.2 Å². The highest BCUT2D eigenvalue weighted by molar-refractivity contribution is 4.85. The lowest BCUT2D eigenvalue weighted by molar-refractivity contribution is 0.0448. The Labute approximate surface area is 74.7 Å². The van der Waals surface area contributed by atoms with E-state index in [1.807, 2.05) is 0 Å². The van der Waals surface area contributed by atoms with Gasteiger partial charge in [0, 0.05) is 18.5 Å². The lowest BCUT2D eigenvalue weighted by atomic mass is 9.75. The summed E-state index contributed by atoms with van der Waals surface area (Å²) < 4.78 is 5.63. The van der Waals surface area contributed by atoms with Crippen molar-refractivity contribution in [2.45, 2.75) is 32.1 Å². The Morgan fingerprint density at radius 1 is 1.08 bits per heavy atom. The van der Waals surface area contributed by atoms with Gasteiger partial charge in [0.1, 0.15) is 0 Å². The average molecular weight is 169 g/mol. The van der Waals surface area contributed by atoms with Gasteiger partial charge in [-0.15, -0.1) is 0 Å². The molecule has 1 aliphatic carbocycles. The summed E-state index contributed by atoms with van der Waals surface area (Å²) in [5.74, 6) is 0. The monoisotopic (exact) mass is 169 g/mol. The molecule has 2 fully saturated rings. The average Bonchev–Trinajstić information content (AvgIpc) is 2.33. The van der Waals surface area contributed by atoms with E-state index < -0.39 is 0 Å². The van der Waals surface area contributed by atoms with Crippen molar-refractivity contribution in [1.29, 1.82) is 0 Å². The molecule has 1 N–H and O–H groups in total. The van der Waals surface area contributed by atoms with Crippen molar-refractivity contribution in [2.24, 2.45) is 5.41 Å². The quantitative estimate of drug-likeness (QED) is 0.594. The maximum atomic E-state index is 5.63. The van der Waals surface area contributed by atoms with Gasteiger partial charge in [-0.2, -0.15) is 0 Å².